The third-order valence-corrected chi connectivity index (χ3v) is 3.86. The number of benzene rings is 2. The van der Waals surface area contributed by atoms with E-state index in [2.05, 4.69) is 22.1 Å². The van der Waals surface area contributed by atoms with Gasteiger partial charge >= 0.3 is 0 Å². The minimum atomic E-state index is -0.345. The van der Waals surface area contributed by atoms with Crippen LogP contribution in [-0.4, -0.2) is 29.8 Å². The van der Waals surface area contributed by atoms with E-state index < -0.39 is 0 Å². The maximum absolute atomic E-state index is 12.7. The molecule has 2 aromatic carbocycles. The van der Waals surface area contributed by atoms with Crippen LogP contribution in [0.3, 0.4) is 0 Å². The summed E-state index contributed by atoms with van der Waals surface area (Å²) in [5.41, 5.74) is 1.22. The van der Waals surface area contributed by atoms with Crippen LogP contribution in [0.2, 0.25) is 0 Å². The zero-order valence-corrected chi connectivity index (χ0v) is 15.1. The van der Waals surface area contributed by atoms with Gasteiger partial charge in [0.1, 0.15) is 12.4 Å². The number of hydrogen-bond acceptors (Lipinski definition) is 4. The lowest BCUT2D eigenvalue weighted by molar-refractivity contribution is 0.0946. The second-order valence-corrected chi connectivity index (χ2v) is 5.75. The zero-order valence-electron chi connectivity index (χ0n) is 15.1. The molecule has 1 aromatic heterocycles. The molecule has 0 aliphatic heterocycles. The monoisotopic (exact) mass is 370 g/mol. The second kappa shape index (κ2) is 9.70. The summed E-state index contributed by atoms with van der Waals surface area (Å²) in [5, 5.41) is 2.71. The van der Waals surface area contributed by atoms with Crippen LogP contribution < -0.4 is 10.1 Å². The lowest BCUT2D eigenvalue weighted by atomic mass is 9.98. The molecule has 0 radical (unpaired) electrons. The number of carbonyl (C=O) groups excluding carboxylic acids is 2. The Hall–Kier alpha value is -3.91. The van der Waals surface area contributed by atoms with Gasteiger partial charge in [0.05, 0.1) is 18.3 Å². The Balaban J connectivity index is 1.58. The van der Waals surface area contributed by atoms with Crippen LogP contribution in [0.1, 0.15) is 26.3 Å². The smallest absolute Gasteiger partial charge is 0.252 e. The van der Waals surface area contributed by atoms with E-state index in [4.69, 9.17) is 4.74 Å². The first kappa shape index (κ1) is 18.9. The first-order valence-corrected chi connectivity index (χ1v) is 8.71. The average molecular weight is 370 g/mol. The van der Waals surface area contributed by atoms with Gasteiger partial charge in [-0.2, -0.15) is 0 Å². The molecule has 1 N–H and O–H groups in total. The fraction of sp³-hybridized carbons (Fsp3) is 0.0870. The Morgan fingerprint density at radius 1 is 0.893 bits per heavy atom. The van der Waals surface area contributed by atoms with Crippen molar-refractivity contribution in [2.24, 2.45) is 0 Å². The van der Waals surface area contributed by atoms with Gasteiger partial charge in [-0.05, 0) is 18.2 Å². The van der Waals surface area contributed by atoms with Gasteiger partial charge in [0.25, 0.3) is 5.91 Å². The van der Waals surface area contributed by atoms with Gasteiger partial charge in [0.15, 0.2) is 5.78 Å². The van der Waals surface area contributed by atoms with Gasteiger partial charge < -0.3 is 10.1 Å². The molecule has 1 amide bonds. The van der Waals surface area contributed by atoms with Crippen molar-refractivity contribution in [2.45, 2.75) is 0 Å². The van der Waals surface area contributed by atoms with Gasteiger partial charge in [0.2, 0.25) is 0 Å². The van der Waals surface area contributed by atoms with Crippen LogP contribution in [0.25, 0.3) is 0 Å². The Labute approximate surface area is 163 Å². The highest BCUT2D eigenvalue weighted by molar-refractivity contribution is 6.15. The normalized spacial score (nSPS) is 9.71. The van der Waals surface area contributed by atoms with Crippen molar-refractivity contribution in [3.63, 3.8) is 0 Å². The third kappa shape index (κ3) is 5.05. The van der Waals surface area contributed by atoms with Gasteiger partial charge in [-0.25, -0.2) is 0 Å². The van der Waals surface area contributed by atoms with Gasteiger partial charge in [-0.3, -0.25) is 14.6 Å². The topological polar surface area (TPSA) is 68.3 Å². The van der Waals surface area contributed by atoms with E-state index in [0.29, 0.717) is 22.4 Å². The molecule has 0 bridgehead atoms. The Morgan fingerprint density at radius 3 is 2.39 bits per heavy atom. The molecule has 5 nitrogen and oxygen atoms in total. The van der Waals surface area contributed by atoms with E-state index in [-0.39, 0.29) is 24.8 Å². The lowest BCUT2D eigenvalue weighted by Gasteiger charge is -2.08. The number of carbonyl (C=O) groups is 2. The number of amides is 1. The van der Waals surface area contributed by atoms with Crippen molar-refractivity contribution in [1.82, 2.24) is 10.3 Å². The summed E-state index contributed by atoms with van der Waals surface area (Å²) in [5.74, 6) is 5.74. The molecule has 0 saturated carbocycles. The first-order valence-electron chi connectivity index (χ1n) is 8.71. The average Bonchev–Trinajstić information content (AvgIpc) is 2.77. The number of pyridine rings is 1. The van der Waals surface area contributed by atoms with E-state index in [9.17, 15) is 9.59 Å². The van der Waals surface area contributed by atoms with E-state index >= 15 is 0 Å². The Bertz CT molecular complexity index is 1010. The molecule has 0 atom stereocenters. The lowest BCUT2D eigenvalue weighted by Crippen LogP contribution is -2.25. The molecule has 0 unspecified atom stereocenters. The number of aromatic nitrogens is 1. The maximum atomic E-state index is 12.7. The first-order chi connectivity index (χ1) is 13.8. The highest BCUT2D eigenvalue weighted by Crippen LogP contribution is 2.14. The number of nitrogens with zero attached hydrogens (tertiary/aromatic N) is 1. The van der Waals surface area contributed by atoms with Crippen molar-refractivity contribution in [3.05, 3.63) is 95.8 Å². The Kier molecular flexibility index (Phi) is 6.53. The van der Waals surface area contributed by atoms with Crippen LogP contribution in [0.15, 0.2) is 79.1 Å². The summed E-state index contributed by atoms with van der Waals surface area (Å²) < 4.78 is 5.40. The number of rotatable bonds is 6. The Morgan fingerprint density at radius 2 is 1.64 bits per heavy atom. The summed E-state index contributed by atoms with van der Waals surface area (Å²) in [4.78, 5) is 29.1. The second-order valence-electron chi connectivity index (χ2n) is 5.75. The SMILES string of the molecule is O=C(NCC#CCOc1cccnc1)c1ccccc1C(=O)c1ccccc1. The molecule has 3 rings (SSSR count). The molecule has 0 fully saturated rings. The standard InChI is InChI=1S/C23H18N2O3/c26-22(18-9-2-1-3-10-18)20-12-4-5-13-21(20)23(27)25-15-6-7-16-28-19-11-8-14-24-17-19/h1-5,8-14,17H,15-16H2,(H,25,27). The van der Waals surface area contributed by atoms with Crippen molar-refractivity contribution < 1.29 is 14.3 Å². The van der Waals surface area contributed by atoms with E-state index in [1.54, 1.807) is 73.1 Å². The molecular weight excluding hydrogens is 352 g/mol. The maximum Gasteiger partial charge on any atom is 0.252 e. The third-order valence-electron chi connectivity index (χ3n) is 3.86. The number of ketones is 1. The minimum Gasteiger partial charge on any atom is -0.479 e. The van der Waals surface area contributed by atoms with Crippen LogP contribution in [0, 0.1) is 11.8 Å². The summed E-state index contributed by atoms with van der Waals surface area (Å²) >= 11 is 0. The molecule has 138 valence electrons. The van der Waals surface area contributed by atoms with Gasteiger partial charge in [-0.15, -0.1) is 0 Å². The molecule has 3 aromatic rings. The van der Waals surface area contributed by atoms with Crippen LogP contribution >= 0.6 is 0 Å². The summed E-state index contributed by atoms with van der Waals surface area (Å²) in [6.45, 7) is 0.355. The highest BCUT2D eigenvalue weighted by atomic mass is 16.5. The predicted octanol–water partition coefficient (Wildman–Crippen LogP) is 3.12. The van der Waals surface area contributed by atoms with Crippen LogP contribution in [0.5, 0.6) is 5.75 Å². The molecule has 1 heterocycles. The highest BCUT2D eigenvalue weighted by Gasteiger charge is 2.17. The molecule has 28 heavy (non-hydrogen) atoms. The number of ether oxygens (including phenoxy) is 1. The van der Waals surface area contributed by atoms with Crippen LogP contribution in [0.4, 0.5) is 0 Å². The summed E-state index contributed by atoms with van der Waals surface area (Å²) in [6, 6.07) is 19.2. The fourth-order valence-corrected chi connectivity index (χ4v) is 2.51. The van der Waals surface area contributed by atoms with Gasteiger partial charge in [-0.1, -0.05) is 60.4 Å². The van der Waals surface area contributed by atoms with E-state index in [1.807, 2.05) is 6.07 Å². The number of nitrogens with one attached hydrogen (secondary N) is 1. The minimum absolute atomic E-state index is 0.156. The van der Waals surface area contributed by atoms with Crippen molar-refractivity contribution in [1.29, 1.82) is 0 Å². The molecule has 0 saturated heterocycles. The predicted molar refractivity (Wildman–Crippen MR) is 106 cm³/mol. The summed E-state index contributed by atoms with van der Waals surface area (Å²) in [6.07, 6.45) is 3.26. The summed E-state index contributed by atoms with van der Waals surface area (Å²) in [7, 11) is 0. The molecule has 5 heteroatoms. The fourth-order valence-electron chi connectivity index (χ4n) is 2.51. The molecular formula is C23H18N2O3. The van der Waals surface area contributed by atoms with Crippen LogP contribution in [-0.2, 0) is 0 Å². The van der Waals surface area contributed by atoms with E-state index in [0.717, 1.165) is 0 Å². The quantitative estimate of drug-likeness (QED) is 0.535. The largest absolute Gasteiger partial charge is 0.479 e. The van der Waals surface area contributed by atoms with Crippen molar-refractivity contribution in [3.8, 4) is 17.6 Å². The van der Waals surface area contributed by atoms with Crippen molar-refractivity contribution in [2.75, 3.05) is 13.2 Å². The molecule has 0 spiro atoms. The van der Waals surface area contributed by atoms with Crippen molar-refractivity contribution >= 4 is 11.7 Å². The molecule has 0 aliphatic rings. The van der Waals surface area contributed by atoms with E-state index in [1.165, 1.54) is 0 Å². The zero-order chi connectivity index (χ0) is 19.6. The molecule has 0 aliphatic carbocycles. The van der Waals surface area contributed by atoms with Gasteiger partial charge in [0, 0.05) is 17.3 Å². The number of hydrogen-bond donors (Lipinski definition) is 1.